The summed E-state index contributed by atoms with van der Waals surface area (Å²) in [5, 5.41) is 13.9. The molecule has 4 rings (SSSR count). The van der Waals surface area contributed by atoms with Crippen LogP contribution in [0.3, 0.4) is 0 Å². The van der Waals surface area contributed by atoms with Crippen LogP contribution < -0.4 is 15.5 Å². The Labute approximate surface area is 231 Å². The second-order valence-corrected chi connectivity index (χ2v) is 10.1. The first-order valence-electron chi connectivity index (χ1n) is 11.8. The number of carbonyl (C=O) groups is 3. The van der Waals surface area contributed by atoms with Gasteiger partial charge < -0.3 is 25.5 Å². The van der Waals surface area contributed by atoms with Gasteiger partial charge in [0.25, 0.3) is 5.91 Å². The van der Waals surface area contributed by atoms with Crippen molar-refractivity contribution in [2.75, 3.05) is 31.2 Å². The Hall–Kier alpha value is -3.09. The number of rotatable bonds is 5. The summed E-state index contributed by atoms with van der Waals surface area (Å²) in [6.07, 6.45) is -3.83. The number of benzene rings is 2. The van der Waals surface area contributed by atoms with Gasteiger partial charge in [-0.1, -0.05) is 29.3 Å². The average Bonchev–Trinajstić information content (AvgIpc) is 3.15. The van der Waals surface area contributed by atoms with Crippen molar-refractivity contribution in [1.29, 1.82) is 0 Å². The highest BCUT2D eigenvalue weighted by Gasteiger charge is 2.50. The molecule has 2 fully saturated rings. The van der Waals surface area contributed by atoms with Crippen LogP contribution >= 0.6 is 23.2 Å². The van der Waals surface area contributed by atoms with Crippen LogP contribution in [0.4, 0.5) is 23.2 Å². The Morgan fingerprint density at radius 2 is 1.72 bits per heavy atom. The molecule has 0 radical (unpaired) electrons. The van der Waals surface area contributed by atoms with Crippen molar-refractivity contribution < 1.29 is 37.1 Å². The van der Waals surface area contributed by atoms with Crippen LogP contribution in [0.2, 0.25) is 10.0 Å². The van der Waals surface area contributed by atoms with Crippen LogP contribution in [-0.4, -0.2) is 71.9 Å². The predicted octanol–water partition coefficient (Wildman–Crippen LogP) is 4.31. The molecular formula is C25H26Cl2F4N4O4. The number of anilines is 1. The van der Waals surface area contributed by atoms with Gasteiger partial charge in [-0.2, -0.15) is 13.2 Å². The molecule has 1 atom stereocenters. The largest absolute Gasteiger partial charge is 0.490 e. The first-order chi connectivity index (χ1) is 18.2. The number of hydrogen-bond donors (Lipinski definition) is 3. The van der Waals surface area contributed by atoms with Gasteiger partial charge in [0.2, 0.25) is 5.91 Å². The fourth-order valence-electron chi connectivity index (χ4n) is 4.60. The van der Waals surface area contributed by atoms with E-state index < -0.39 is 17.7 Å². The number of amides is 2. The molecule has 212 valence electrons. The molecular weight excluding hydrogens is 567 g/mol. The molecule has 14 heteroatoms. The van der Waals surface area contributed by atoms with E-state index in [-0.39, 0.29) is 23.7 Å². The molecule has 2 aliphatic heterocycles. The first kappa shape index (κ1) is 30.5. The number of likely N-dealkylation sites (tertiary alicyclic amines) is 1. The Balaban J connectivity index is 0.000000532. The minimum Gasteiger partial charge on any atom is -0.475 e. The van der Waals surface area contributed by atoms with Gasteiger partial charge >= 0.3 is 12.1 Å². The zero-order valence-electron chi connectivity index (χ0n) is 20.7. The summed E-state index contributed by atoms with van der Waals surface area (Å²) in [4.78, 5) is 38.4. The highest BCUT2D eigenvalue weighted by Crippen LogP contribution is 2.36. The SMILES string of the molecule is C[C@H](CN1CCC2(CC1)C(=O)NCN2c1cccc(F)c1)NC(=O)c1cc(Cl)cc(Cl)c1.O=C(O)C(F)(F)F. The highest BCUT2D eigenvalue weighted by atomic mass is 35.5. The standard InChI is InChI=1S/C23H25Cl2FN4O2.C2HF3O2/c1-15(28-21(31)16-9-17(24)11-18(25)10-16)13-29-7-5-23(6-8-29)22(32)27-14-30(23)20-4-2-3-19(26)12-20;3-2(4,5)1(6)7/h2-4,9-12,15H,5-8,13-14H2,1H3,(H,27,32)(H,28,31);(H,6,7)/t15-;/m1./s1. The summed E-state index contributed by atoms with van der Waals surface area (Å²) < 4.78 is 45.5. The number of piperidine rings is 1. The van der Waals surface area contributed by atoms with Gasteiger partial charge in [-0.05, 0) is 56.2 Å². The summed E-state index contributed by atoms with van der Waals surface area (Å²) in [5.74, 6) is -3.32. The molecule has 0 saturated carbocycles. The van der Waals surface area contributed by atoms with Crippen molar-refractivity contribution >= 4 is 46.7 Å². The minimum atomic E-state index is -5.08. The van der Waals surface area contributed by atoms with E-state index in [0.29, 0.717) is 60.4 Å². The number of carboxylic acids is 1. The van der Waals surface area contributed by atoms with Crippen LogP contribution in [-0.2, 0) is 9.59 Å². The lowest BCUT2D eigenvalue weighted by Gasteiger charge is -2.43. The fraction of sp³-hybridized carbons (Fsp3) is 0.400. The maximum absolute atomic E-state index is 13.8. The maximum Gasteiger partial charge on any atom is 0.490 e. The molecule has 3 N–H and O–H groups in total. The third-order valence-corrected chi connectivity index (χ3v) is 6.85. The maximum atomic E-state index is 13.8. The van der Waals surface area contributed by atoms with E-state index in [1.165, 1.54) is 12.1 Å². The number of nitrogens with zero attached hydrogens (tertiary/aromatic N) is 2. The van der Waals surface area contributed by atoms with E-state index in [1.54, 1.807) is 24.3 Å². The van der Waals surface area contributed by atoms with E-state index >= 15 is 0 Å². The van der Waals surface area contributed by atoms with Crippen molar-refractivity contribution in [1.82, 2.24) is 15.5 Å². The Kier molecular flexibility index (Phi) is 9.68. The second kappa shape index (κ2) is 12.4. The number of halogens is 6. The molecule has 2 aromatic carbocycles. The topological polar surface area (TPSA) is 102 Å². The van der Waals surface area contributed by atoms with Crippen LogP contribution in [0.1, 0.15) is 30.1 Å². The van der Waals surface area contributed by atoms with E-state index in [1.807, 2.05) is 17.9 Å². The number of carboxylic acid groups (broad SMARTS) is 1. The van der Waals surface area contributed by atoms with Gasteiger partial charge in [0.15, 0.2) is 0 Å². The number of aliphatic carboxylic acids is 1. The molecule has 0 aromatic heterocycles. The van der Waals surface area contributed by atoms with Crippen LogP contribution in [0, 0.1) is 5.82 Å². The molecule has 0 unspecified atom stereocenters. The lowest BCUT2D eigenvalue weighted by atomic mass is 9.85. The zero-order chi connectivity index (χ0) is 29.0. The molecule has 2 saturated heterocycles. The van der Waals surface area contributed by atoms with Crippen molar-refractivity contribution in [3.05, 3.63) is 63.9 Å². The van der Waals surface area contributed by atoms with Crippen LogP contribution in [0.5, 0.6) is 0 Å². The molecule has 0 aliphatic carbocycles. The van der Waals surface area contributed by atoms with Gasteiger partial charge in [-0.25, -0.2) is 9.18 Å². The van der Waals surface area contributed by atoms with E-state index in [2.05, 4.69) is 15.5 Å². The first-order valence-corrected chi connectivity index (χ1v) is 12.6. The third-order valence-electron chi connectivity index (χ3n) is 6.42. The molecule has 1 spiro atoms. The van der Waals surface area contributed by atoms with Gasteiger partial charge in [0.1, 0.15) is 11.4 Å². The monoisotopic (exact) mass is 592 g/mol. The van der Waals surface area contributed by atoms with E-state index in [0.717, 1.165) is 0 Å². The number of carbonyl (C=O) groups excluding carboxylic acids is 2. The number of nitrogens with one attached hydrogen (secondary N) is 2. The summed E-state index contributed by atoms with van der Waals surface area (Å²) >= 11 is 12.0. The van der Waals surface area contributed by atoms with Crippen molar-refractivity contribution in [2.24, 2.45) is 0 Å². The minimum absolute atomic E-state index is 0.0133. The Morgan fingerprint density at radius 1 is 1.13 bits per heavy atom. The summed E-state index contributed by atoms with van der Waals surface area (Å²) in [5.41, 5.74) is 0.451. The van der Waals surface area contributed by atoms with Gasteiger partial charge in [0, 0.05) is 47.0 Å². The van der Waals surface area contributed by atoms with Crippen molar-refractivity contribution in [3.8, 4) is 0 Å². The summed E-state index contributed by atoms with van der Waals surface area (Å²) in [7, 11) is 0. The predicted molar refractivity (Wildman–Crippen MR) is 137 cm³/mol. The Morgan fingerprint density at radius 3 is 2.26 bits per heavy atom. The number of hydrogen-bond acceptors (Lipinski definition) is 5. The van der Waals surface area contributed by atoms with Crippen LogP contribution in [0.25, 0.3) is 0 Å². The van der Waals surface area contributed by atoms with Gasteiger partial charge in [0.05, 0.1) is 6.67 Å². The van der Waals surface area contributed by atoms with E-state index in [4.69, 9.17) is 33.1 Å². The van der Waals surface area contributed by atoms with E-state index in [9.17, 15) is 27.2 Å². The normalized spacial score (nSPS) is 17.7. The number of alkyl halides is 3. The summed E-state index contributed by atoms with van der Waals surface area (Å²) in [6.45, 7) is 4.36. The third kappa shape index (κ3) is 7.74. The molecule has 0 bridgehead atoms. The quantitative estimate of drug-likeness (QED) is 0.447. The lowest BCUT2D eigenvalue weighted by molar-refractivity contribution is -0.192. The molecule has 2 heterocycles. The fourth-order valence-corrected chi connectivity index (χ4v) is 5.13. The molecule has 2 amide bonds. The van der Waals surface area contributed by atoms with Gasteiger partial charge in [-0.3, -0.25) is 9.59 Å². The summed E-state index contributed by atoms with van der Waals surface area (Å²) in [6, 6.07) is 11.0. The van der Waals surface area contributed by atoms with Crippen LogP contribution in [0.15, 0.2) is 42.5 Å². The lowest BCUT2D eigenvalue weighted by Crippen LogP contribution is -2.57. The zero-order valence-corrected chi connectivity index (χ0v) is 22.2. The van der Waals surface area contributed by atoms with Crippen molar-refractivity contribution in [2.45, 2.75) is 37.5 Å². The average molecular weight is 593 g/mol. The smallest absolute Gasteiger partial charge is 0.475 e. The molecule has 8 nitrogen and oxygen atoms in total. The molecule has 2 aliphatic rings. The van der Waals surface area contributed by atoms with Crippen molar-refractivity contribution in [3.63, 3.8) is 0 Å². The molecule has 2 aromatic rings. The second-order valence-electron chi connectivity index (χ2n) is 9.24. The van der Waals surface area contributed by atoms with Gasteiger partial charge in [-0.15, -0.1) is 0 Å². The Bertz CT molecular complexity index is 1200. The highest BCUT2D eigenvalue weighted by molar-refractivity contribution is 6.35. The molecule has 39 heavy (non-hydrogen) atoms.